The average molecular weight is 198 g/mol. The Hall–Kier alpha value is 0.480. The predicted octanol–water partition coefficient (Wildman–Crippen LogP) is 3.06. The molecule has 0 aliphatic heterocycles. The molecule has 2 nitrogen and oxygen atoms in total. The van der Waals surface area contributed by atoms with Crippen LogP contribution in [-0.4, -0.2) is 5.66 Å². The predicted molar refractivity (Wildman–Crippen MR) is 51.1 cm³/mol. The van der Waals surface area contributed by atoms with Gasteiger partial charge in [-0.15, -0.1) is 0 Å². The highest BCUT2D eigenvalue weighted by Crippen LogP contribution is 2.53. The summed E-state index contributed by atoms with van der Waals surface area (Å²) in [5, 5.41) is 0. The van der Waals surface area contributed by atoms with Crippen molar-refractivity contribution < 1.29 is 4.57 Å². The molecule has 1 atom stereocenters. The second-order valence-corrected chi connectivity index (χ2v) is 7.03. The fourth-order valence-corrected chi connectivity index (χ4v) is 4.56. The molecule has 0 saturated heterocycles. The van der Waals surface area contributed by atoms with E-state index in [9.17, 15) is 4.57 Å². The van der Waals surface area contributed by atoms with Crippen molar-refractivity contribution in [1.82, 2.24) is 0 Å². The van der Waals surface area contributed by atoms with Gasteiger partial charge < -0.3 is 0 Å². The Balaban J connectivity index is 4.49. The van der Waals surface area contributed by atoms with Crippen molar-refractivity contribution in [3.05, 3.63) is 0 Å². The van der Waals surface area contributed by atoms with E-state index in [1.165, 1.54) is 0 Å². The van der Waals surface area contributed by atoms with Crippen LogP contribution in [0, 0.1) is 11.8 Å². The first-order chi connectivity index (χ1) is 4.76. The molecule has 0 aromatic heterocycles. The zero-order chi connectivity index (χ0) is 9.23. The fourth-order valence-electron chi connectivity index (χ4n) is 1.58. The van der Waals surface area contributed by atoms with Gasteiger partial charge in [0.2, 0.25) is 6.65 Å². The van der Waals surface area contributed by atoms with Crippen LogP contribution in [0.3, 0.4) is 0 Å². The van der Waals surface area contributed by atoms with E-state index in [0.717, 1.165) is 0 Å². The molecule has 0 aliphatic rings. The van der Waals surface area contributed by atoms with E-state index in [4.69, 9.17) is 16.7 Å². The maximum absolute atomic E-state index is 11.3. The molecule has 4 heteroatoms. The molecular weight excluding hydrogens is 181 g/mol. The third kappa shape index (κ3) is 3.59. The Kier molecular flexibility index (Phi) is 4.10. The van der Waals surface area contributed by atoms with E-state index < -0.39 is 6.65 Å². The summed E-state index contributed by atoms with van der Waals surface area (Å²) in [6.07, 6.45) is 0. The first-order valence-electron chi connectivity index (χ1n) is 3.84. The van der Waals surface area contributed by atoms with Crippen LogP contribution in [0.1, 0.15) is 27.7 Å². The van der Waals surface area contributed by atoms with Gasteiger partial charge in [-0.05, 0) is 23.1 Å². The lowest BCUT2D eigenvalue weighted by Gasteiger charge is -2.26. The van der Waals surface area contributed by atoms with Crippen LogP contribution in [-0.2, 0) is 4.57 Å². The summed E-state index contributed by atoms with van der Waals surface area (Å²) >= 11 is 5.62. The molecule has 0 heterocycles. The molecule has 2 N–H and O–H groups in total. The van der Waals surface area contributed by atoms with Crippen LogP contribution in [0.15, 0.2) is 0 Å². The largest absolute Gasteiger partial charge is 0.289 e. The number of rotatable bonds is 3. The smallest absolute Gasteiger partial charge is 0.233 e. The Morgan fingerprint density at radius 3 is 1.45 bits per heavy atom. The molecule has 0 aromatic carbocycles. The number of hydrogen-bond donors (Lipinski definition) is 1. The van der Waals surface area contributed by atoms with Gasteiger partial charge in [-0.2, -0.15) is 0 Å². The van der Waals surface area contributed by atoms with Crippen LogP contribution in [0.4, 0.5) is 0 Å². The second-order valence-electron chi connectivity index (χ2n) is 3.60. The molecular formula is C7H17ClNOP. The van der Waals surface area contributed by atoms with Crippen molar-refractivity contribution in [1.29, 1.82) is 0 Å². The average Bonchev–Trinajstić information content (AvgIpc) is 1.54. The minimum atomic E-state index is -2.92. The lowest BCUT2D eigenvalue weighted by molar-refractivity contribution is 0.456. The molecule has 0 spiro atoms. The minimum Gasteiger partial charge on any atom is -0.289 e. The SMILES string of the molecule is CC(C)C(C(C)C)P(N)(=O)Cl. The second kappa shape index (κ2) is 3.93. The van der Waals surface area contributed by atoms with Gasteiger partial charge in [0, 0.05) is 5.66 Å². The summed E-state index contributed by atoms with van der Waals surface area (Å²) in [6.45, 7) is 5.05. The van der Waals surface area contributed by atoms with Crippen molar-refractivity contribution in [2.75, 3.05) is 0 Å². The van der Waals surface area contributed by atoms with E-state index in [1.54, 1.807) is 0 Å². The summed E-state index contributed by atoms with van der Waals surface area (Å²) in [5.74, 6) is 0.562. The van der Waals surface area contributed by atoms with Gasteiger partial charge in [0.25, 0.3) is 0 Å². The molecule has 0 aliphatic carbocycles. The van der Waals surface area contributed by atoms with Gasteiger partial charge >= 0.3 is 0 Å². The summed E-state index contributed by atoms with van der Waals surface area (Å²) in [7, 11) is 0. The monoisotopic (exact) mass is 197 g/mol. The van der Waals surface area contributed by atoms with E-state index in [-0.39, 0.29) is 17.5 Å². The van der Waals surface area contributed by atoms with Crippen LogP contribution in [0.5, 0.6) is 0 Å². The molecule has 11 heavy (non-hydrogen) atoms. The lowest BCUT2D eigenvalue weighted by atomic mass is 10.00. The summed E-state index contributed by atoms with van der Waals surface area (Å²) < 4.78 is 11.3. The van der Waals surface area contributed by atoms with Crippen LogP contribution < -0.4 is 5.50 Å². The highest BCUT2D eigenvalue weighted by Gasteiger charge is 2.31. The molecule has 0 aromatic rings. The normalized spacial score (nSPS) is 17.9. The maximum atomic E-state index is 11.3. The van der Waals surface area contributed by atoms with Crippen molar-refractivity contribution in [3.63, 3.8) is 0 Å². The zero-order valence-electron chi connectivity index (χ0n) is 7.54. The van der Waals surface area contributed by atoms with E-state index in [0.29, 0.717) is 0 Å². The summed E-state index contributed by atoms with van der Waals surface area (Å²) in [6, 6.07) is 0. The zero-order valence-corrected chi connectivity index (χ0v) is 9.19. The van der Waals surface area contributed by atoms with Crippen molar-refractivity contribution in [2.45, 2.75) is 33.4 Å². The quantitative estimate of drug-likeness (QED) is 0.707. The molecule has 0 rings (SSSR count). The van der Waals surface area contributed by atoms with Gasteiger partial charge in [0.15, 0.2) is 0 Å². The topological polar surface area (TPSA) is 43.1 Å². The van der Waals surface area contributed by atoms with E-state index >= 15 is 0 Å². The third-order valence-electron chi connectivity index (χ3n) is 1.77. The third-order valence-corrected chi connectivity index (χ3v) is 4.45. The molecule has 0 fully saturated rings. The summed E-state index contributed by atoms with van der Waals surface area (Å²) in [5.41, 5.74) is 5.34. The first kappa shape index (κ1) is 11.5. The van der Waals surface area contributed by atoms with Crippen LogP contribution >= 0.6 is 17.9 Å². The molecule has 1 unspecified atom stereocenters. The minimum absolute atomic E-state index is 0.0656. The van der Waals surface area contributed by atoms with E-state index in [1.807, 2.05) is 27.7 Å². The fraction of sp³-hybridized carbons (Fsp3) is 1.00. The Bertz CT molecular complexity index is 156. The van der Waals surface area contributed by atoms with E-state index in [2.05, 4.69) is 0 Å². The maximum Gasteiger partial charge on any atom is 0.233 e. The lowest BCUT2D eigenvalue weighted by Crippen LogP contribution is -2.23. The van der Waals surface area contributed by atoms with Crippen LogP contribution in [0.25, 0.3) is 0 Å². The van der Waals surface area contributed by atoms with Crippen LogP contribution in [0.2, 0.25) is 0 Å². The van der Waals surface area contributed by atoms with Gasteiger partial charge in [-0.25, -0.2) is 0 Å². The van der Waals surface area contributed by atoms with Gasteiger partial charge in [-0.1, -0.05) is 27.7 Å². The molecule has 0 bridgehead atoms. The van der Waals surface area contributed by atoms with Crippen molar-refractivity contribution >= 4 is 17.9 Å². The molecule has 68 valence electrons. The first-order valence-corrected chi connectivity index (χ1v) is 6.59. The Morgan fingerprint density at radius 1 is 1.18 bits per heavy atom. The molecule has 0 saturated carbocycles. The number of halogens is 1. The van der Waals surface area contributed by atoms with Crippen molar-refractivity contribution in [2.24, 2.45) is 17.3 Å². The highest BCUT2D eigenvalue weighted by molar-refractivity contribution is 7.87. The summed E-state index contributed by atoms with van der Waals surface area (Å²) in [4.78, 5) is 0. The van der Waals surface area contributed by atoms with Crippen molar-refractivity contribution in [3.8, 4) is 0 Å². The Labute approximate surface area is 73.7 Å². The number of hydrogen-bond acceptors (Lipinski definition) is 1. The number of nitrogens with two attached hydrogens (primary N) is 1. The van der Waals surface area contributed by atoms with Gasteiger partial charge in [-0.3, -0.25) is 10.1 Å². The molecule has 0 radical (unpaired) electrons. The van der Waals surface area contributed by atoms with Gasteiger partial charge in [0.1, 0.15) is 0 Å². The Morgan fingerprint density at radius 2 is 1.45 bits per heavy atom. The standard InChI is InChI=1S/C7H17ClNOP/c1-5(2)7(6(3)4)11(8,9)10/h5-7H,1-4H3,(H2,9,10). The molecule has 0 amide bonds. The van der Waals surface area contributed by atoms with Gasteiger partial charge in [0.05, 0.1) is 0 Å². The highest BCUT2D eigenvalue weighted by atomic mass is 35.7.